The number of para-hydroxylation sites is 1. The minimum Gasteiger partial charge on any atom is -0.466 e. The van der Waals surface area contributed by atoms with Crippen LogP contribution < -0.4 is 10.1 Å². The number of nitrogens with one attached hydrogen (secondary N) is 1. The Morgan fingerprint density at radius 1 is 1.08 bits per heavy atom. The Balaban J connectivity index is 1.88. The molecular formula is C19H16ClNO3. The summed E-state index contributed by atoms with van der Waals surface area (Å²) in [6.07, 6.45) is 0. The lowest BCUT2D eigenvalue weighted by atomic mass is 10.2. The number of hydrogen-bond acceptors (Lipinski definition) is 3. The van der Waals surface area contributed by atoms with E-state index < -0.39 is 0 Å². The number of carbonyl (C=O) groups excluding carboxylic acids is 1. The molecule has 0 aliphatic carbocycles. The molecule has 3 rings (SSSR count). The van der Waals surface area contributed by atoms with Crippen LogP contribution in [0, 0.1) is 13.8 Å². The van der Waals surface area contributed by atoms with E-state index in [-0.39, 0.29) is 5.91 Å². The van der Waals surface area contributed by atoms with Gasteiger partial charge in [0.2, 0.25) is 0 Å². The molecular weight excluding hydrogens is 326 g/mol. The second-order valence-corrected chi connectivity index (χ2v) is 5.77. The van der Waals surface area contributed by atoms with E-state index in [0.717, 1.165) is 0 Å². The summed E-state index contributed by atoms with van der Waals surface area (Å²) in [7, 11) is 0. The topological polar surface area (TPSA) is 51.5 Å². The zero-order chi connectivity index (χ0) is 17.1. The lowest BCUT2D eigenvalue weighted by Gasteiger charge is -2.12. The maximum atomic E-state index is 12.5. The van der Waals surface area contributed by atoms with E-state index in [1.807, 2.05) is 30.3 Å². The van der Waals surface area contributed by atoms with Crippen molar-refractivity contribution in [3.8, 4) is 11.5 Å². The Hall–Kier alpha value is -2.72. The summed E-state index contributed by atoms with van der Waals surface area (Å²) in [5.74, 6) is 2.16. The van der Waals surface area contributed by atoms with Crippen LogP contribution in [-0.2, 0) is 0 Å². The first-order valence-corrected chi connectivity index (χ1v) is 7.81. The predicted octanol–water partition coefficient (Wildman–Crippen LogP) is 5.59. The van der Waals surface area contributed by atoms with Gasteiger partial charge in [0.25, 0.3) is 5.91 Å². The zero-order valence-corrected chi connectivity index (χ0v) is 14.1. The van der Waals surface area contributed by atoms with Gasteiger partial charge in [0.1, 0.15) is 17.3 Å². The SMILES string of the molecule is Cc1cc(C(=O)Nc2cc(Cl)ccc2Oc2ccccc2)c(C)o1. The molecule has 0 aliphatic rings. The minimum atomic E-state index is -0.274. The van der Waals surface area contributed by atoms with E-state index in [0.29, 0.717) is 39.3 Å². The number of hydrogen-bond donors (Lipinski definition) is 1. The average Bonchev–Trinajstić information content (AvgIpc) is 2.90. The number of carbonyl (C=O) groups is 1. The molecule has 1 heterocycles. The number of amides is 1. The van der Waals surface area contributed by atoms with Crippen molar-refractivity contribution in [2.45, 2.75) is 13.8 Å². The van der Waals surface area contributed by atoms with Crippen molar-refractivity contribution < 1.29 is 13.9 Å². The van der Waals surface area contributed by atoms with Gasteiger partial charge in [-0.05, 0) is 50.2 Å². The largest absolute Gasteiger partial charge is 0.466 e. The third-order valence-electron chi connectivity index (χ3n) is 3.45. The molecule has 1 N–H and O–H groups in total. The number of anilines is 1. The highest BCUT2D eigenvalue weighted by Gasteiger charge is 2.16. The van der Waals surface area contributed by atoms with Gasteiger partial charge < -0.3 is 14.5 Å². The van der Waals surface area contributed by atoms with E-state index >= 15 is 0 Å². The summed E-state index contributed by atoms with van der Waals surface area (Å²) in [5.41, 5.74) is 0.979. The Labute approximate surface area is 145 Å². The van der Waals surface area contributed by atoms with Crippen molar-refractivity contribution in [2.24, 2.45) is 0 Å². The second-order valence-electron chi connectivity index (χ2n) is 5.34. The van der Waals surface area contributed by atoms with Gasteiger partial charge in [0.05, 0.1) is 11.3 Å². The minimum absolute atomic E-state index is 0.274. The number of ether oxygens (including phenoxy) is 1. The molecule has 0 fully saturated rings. The lowest BCUT2D eigenvalue weighted by molar-refractivity contribution is 0.102. The summed E-state index contributed by atoms with van der Waals surface area (Å²) in [4.78, 5) is 12.5. The van der Waals surface area contributed by atoms with Gasteiger partial charge >= 0.3 is 0 Å². The van der Waals surface area contributed by atoms with Gasteiger partial charge in [0, 0.05) is 5.02 Å². The third kappa shape index (κ3) is 3.60. The van der Waals surface area contributed by atoms with Gasteiger partial charge in [0.15, 0.2) is 5.75 Å². The number of halogens is 1. The van der Waals surface area contributed by atoms with E-state index in [1.54, 1.807) is 38.1 Å². The van der Waals surface area contributed by atoms with Crippen LogP contribution in [0.25, 0.3) is 0 Å². The molecule has 0 radical (unpaired) electrons. The van der Waals surface area contributed by atoms with Gasteiger partial charge in [-0.3, -0.25) is 4.79 Å². The highest BCUT2D eigenvalue weighted by Crippen LogP contribution is 2.32. The quantitative estimate of drug-likeness (QED) is 0.672. The fourth-order valence-electron chi connectivity index (χ4n) is 2.35. The number of rotatable bonds is 4. The molecule has 0 saturated heterocycles. The van der Waals surface area contributed by atoms with Crippen molar-refractivity contribution in [2.75, 3.05) is 5.32 Å². The average molecular weight is 342 g/mol. The normalized spacial score (nSPS) is 10.5. The van der Waals surface area contributed by atoms with E-state index in [4.69, 9.17) is 20.8 Å². The second kappa shape index (κ2) is 6.81. The van der Waals surface area contributed by atoms with Crippen molar-refractivity contribution in [1.29, 1.82) is 0 Å². The molecule has 0 saturated carbocycles. The molecule has 4 nitrogen and oxygen atoms in total. The molecule has 1 aromatic heterocycles. The van der Waals surface area contributed by atoms with Crippen LogP contribution in [0.2, 0.25) is 5.02 Å². The monoisotopic (exact) mass is 341 g/mol. The molecule has 5 heteroatoms. The van der Waals surface area contributed by atoms with Gasteiger partial charge in [-0.1, -0.05) is 29.8 Å². The molecule has 3 aromatic rings. The smallest absolute Gasteiger partial charge is 0.259 e. The molecule has 0 bridgehead atoms. The van der Waals surface area contributed by atoms with Crippen molar-refractivity contribution in [3.63, 3.8) is 0 Å². The van der Waals surface area contributed by atoms with Crippen molar-refractivity contribution in [3.05, 3.63) is 76.7 Å². The first-order chi connectivity index (χ1) is 11.5. The third-order valence-corrected chi connectivity index (χ3v) is 3.68. The van der Waals surface area contributed by atoms with E-state index in [9.17, 15) is 4.79 Å². The van der Waals surface area contributed by atoms with Crippen molar-refractivity contribution >= 4 is 23.2 Å². The van der Waals surface area contributed by atoms with Crippen molar-refractivity contribution in [1.82, 2.24) is 0 Å². The summed E-state index contributed by atoms with van der Waals surface area (Å²) < 4.78 is 11.2. The fraction of sp³-hybridized carbons (Fsp3) is 0.105. The first kappa shape index (κ1) is 16.1. The molecule has 0 spiro atoms. The standard InChI is InChI=1S/C19H16ClNO3/c1-12-10-16(13(2)23-12)19(22)21-17-11-14(20)8-9-18(17)24-15-6-4-3-5-7-15/h3-11H,1-2H3,(H,21,22). The maximum Gasteiger partial charge on any atom is 0.259 e. The molecule has 122 valence electrons. The first-order valence-electron chi connectivity index (χ1n) is 7.44. The fourth-order valence-corrected chi connectivity index (χ4v) is 2.52. The highest BCUT2D eigenvalue weighted by atomic mass is 35.5. The Morgan fingerprint density at radius 3 is 2.50 bits per heavy atom. The summed E-state index contributed by atoms with van der Waals surface area (Å²) in [6.45, 7) is 3.55. The molecule has 0 unspecified atom stereocenters. The van der Waals surface area contributed by atoms with E-state index in [2.05, 4.69) is 5.32 Å². The summed E-state index contributed by atoms with van der Waals surface area (Å²) in [5, 5.41) is 3.34. The number of furan rings is 1. The molecule has 0 aliphatic heterocycles. The van der Waals surface area contributed by atoms with Crippen LogP contribution in [0.4, 0.5) is 5.69 Å². The molecule has 24 heavy (non-hydrogen) atoms. The number of aryl methyl sites for hydroxylation is 2. The molecule has 2 aromatic carbocycles. The van der Waals surface area contributed by atoms with Crippen LogP contribution in [0.1, 0.15) is 21.9 Å². The molecule has 0 atom stereocenters. The van der Waals surface area contributed by atoms with Crippen LogP contribution in [0.15, 0.2) is 59.0 Å². The Morgan fingerprint density at radius 2 is 1.83 bits per heavy atom. The highest BCUT2D eigenvalue weighted by molar-refractivity contribution is 6.31. The van der Waals surface area contributed by atoms with Crippen LogP contribution in [0.3, 0.4) is 0 Å². The Kier molecular flexibility index (Phi) is 4.58. The van der Waals surface area contributed by atoms with Crippen LogP contribution in [0.5, 0.6) is 11.5 Å². The van der Waals surface area contributed by atoms with E-state index in [1.165, 1.54) is 0 Å². The lowest BCUT2D eigenvalue weighted by Crippen LogP contribution is -2.12. The van der Waals surface area contributed by atoms with Crippen LogP contribution in [-0.4, -0.2) is 5.91 Å². The van der Waals surface area contributed by atoms with Gasteiger partial charge in [-0.25, -0.2) is 0 Å². The Bertz CT molecular complexity index is 872. The predicted molar refractivity (Wildman–Crippen MR) is 94.1 cm³/mol. The zero-order valence-electron chi connectivity index (χ0n) is 13.3. The van der Waals surface area contributed by atoms with Gasteiger partial charge in [-0.15, -0.1) is 0 Å². The maximum absolute atomic E-state index is 12.5. The molecule has 1 amide bonds. The van der Waals surface area contributed by atoms with Crippen LogP contribution >= 0.6 is 11.6 Å². The summed E-state index contributed by atoms with van der Waals surface area (Å²) in [6, 6.07) is 16.1. The summed E-state index contributed by atoms with van der Waals surface area (Å²) >= 11 is 6.06. The number of benzene rings is 2. The van der Waals surface area contributed by atoms with Gasteiger partial charge in [-0.2, -0.15) is 0 Å².